The number of nitrogens with zero attached hydrogens (tertiary/aromatic N) is 1. The fourth-order valence-corrected chi connectivity index (χ4v) is 3.00. The third-order valence-corrected chi connectivity index (χ3v) is 4.06. The lowest BCUT2D eigenvalue weighted by atomic mass is 10.1. The maximum atomic E-state index is 5.99. The fourth-order valence-electron chi connectivity index (χ4n) is 1.53. The zero-order valence-electron chi connectivity index (χ0n) is 9.25. The molecular weight excluding hydrogens is 284 g/mol. The molecule has 0 radical (unpaired) electrons. The van der Waals surface area contributed by atoms with E-state index >= 15 is 0 Å². The Morgan fingerprint density at radius 1 is 1.44 bits per heavy atom. The van der Waals surface area contributed by atoms with Crippen LogP contribution in [0, 0.1) is 6.92 Å². The van der Waals surface area contributed by atoms with E-state index in [1.54, 1.807) is 11.3 Å². The number of thiazole rings is 1. The number of anilines is 1. The van der Waals surface area contributed by atoms with Crippen molar-refractivity contribution in [1.82, 2.24) is 4.98 Å². The van der Waals surface area contributed by atoms with Gasteiger partial charge in [-0.25, -0.2) is 4.98 Å². The monoisotopic (exact) mass is 296 g/mol. The Hall–Kier alpha value is -0.870. The lowest BCUT2D eigenvalue weighted by molar-refractivity contribution is 1.10. The van der Waals surface area contributed by atoms with Crippen LogP contribution in [-0.4, -0.2) is 4.98 Å². The molecule has 0 aliphatic carbocycles. The molecule has 4 heteroatoms. The van der Waals surface area contributed by atoms with Crippen molar-refractivity contribution in [2.24, 2.45) is 0 Å². The van der Waals surface area contributed by atoms with Crippen molar-refractivity contribution in [3.8, 4) is 11.3 Å². The first-order chi connectivity index (χ1) is 7.61. The summed E-state index contributed by atoms with van der Waals surface area (Å²) in [4.78, 5) is 4.55. The van der Waals surface area contributed by atoms with Gasteiger partial charge in [0.05, 0.1) is 5.01 Å². The summed E-state index contributed by atoms with van der Waals surface area (Å²) in [5.74, 6) is 0. The molecule has 0 saturated heterocycles. The van der Waals surface area contributed by atoms with E-state index in [0.717, 1.165) is 32.2 Å². The second-order valence-electron chi connectivity index (χ2n) is 3.66. The number of aromatic nitrogens is 1. The summed E-state index contributed by atoms with van der Waals surface area (Å²) in [6.07, 6.45) is 0.929. The van der Waals surface area contributed by atoms with Gasteiger partial charge in [-0.1, -0.05) is 35.0 Å². The number of hydrogen-bond donors (Lipinski definition) is 1. The van der Waals surface area contributed by atoms with Crippen LogP contribution in [0.25, 0.3) is 11.3 Å². The minimum absolute atomic E-state index is 0.793. The van der Waals surface area contributed by atoms with Crippen molar-refractivity contribution < 1.29 is 0 Å². The molecule has 2 rings (SSSR count). The van der Waals surface area contributed by atoms with Gasteiger partial charge in [0.2, 0.25) is 0 Å². The normalized spacial score (nSPS) is 10.7. The number of halogens is 1. The fraction of sp³-hybridized carbons (Fsp3) is 0.250. The van der Waals surface area contributed by atoms with Crippen molar-refractivity contribution in [1.29, 1.82) is 0 Å². The van der Waals surface area contributed by atoms with Crippen molar-refractivity contribution in [2.75, 3.05) is 5.73 Å². The Morgan fingerprint density at radius 2 is 2.19 bits per heavy atom. The Kier molecular flexibility index (Phi) is 3.30. The van der Waals surface area contributed by atoms with Crippen LogP contribution in [0.1, 0.15) is 17.5 Å². The van der Waals surface area contributed by atoms with Crippen molar-refractivity contribution in [2.45, 2.75) is 20.3 Å². The highest BCUT2D eigenvalue weighted by molar-refractivity contribution is 9.10. The summed E-state index contributed by atoms with van der Waals surface area (Å²) >= 11 is 5.13. The summed E-state index contributed by atoms with van der Waals surface area (Å²) in [6, 6.07) is 6.22. The predicted octanol–water partition coefficient (Wildman–Crippen LogP) is 4.03. The van der Waals surface area contributed by atoms with Gasteiger partial charge in [-0.05, 0) is 25.0 Å². The van der Waals surface area contributed by atoms with E-state index in [4.69, 9.17) is 5.73 Å². The van der Waals surface area contributed by atoms with Crippen LogP contribution < -0.4 is 5.73 Å². The molecule has 2 nitrogen and oxygen atoms in total. The Balaban J connectivity index is 2.53. The maximum absolute atomic E-state index is 5.99. The van der Waals surface area contributed by atoms with Gasteiger partial charge in [0, 0.05) is 10.0 Å². The SMILES string of the molecule is CCc1nc(-c2ccc(C)cc2Br)c(N)s1. The van der Waals surface area contributed by atoms with E-state index in [-0.39, 0.29) is 0 Å². The Bertz CT molecular complexity index is 520. The maximum Gasteiger partial charge on any atom is 0.114 e. The van der Waals surface area contributed by atoms with Gasteiger partial charge in [-0.15, -0.1) is 11.3 Å². The van der Waals surface area contributed by atoms with Crippen molar-refractivity contribution >= 4 is 32.3 Å². The molecule has 0 bridgehead atoms. The smallest absolute Gasteiger partial charge is 0.114 e. The molecule has 0 aliphatic heterocycles. The molecule has 0 spiro atoms. The Morgan fingerprint density at radius 3 is 2.75 bits per heavy atom. The molecule has 0 amide bonds. The molecule has 0 saturated carbocycles. The zero-order chi connectivity index (χ0) is 11.7. The third-order valence-electron chi connectivity index (χ3n) is 2.38. The van der Waals surface area contributed by atoms with E-state index in [1.807, 2.05) is 0 Å². The van der Waals surface area contributed by atoms with E-state index in [1.165, 1.54) is 5.56 Å². The summed E-state index contributed by atoms with van der Waals surface area (Å²) < 4.78 is 1.05. The second-order valence-corrected chi connectivity index (χ2v) is 5.63. The summed E-state index contributed by atoms with van der Waals surface area (Å²) in [5.41, 5.74) is 9.18. The van der Waals surface area contributed by atoms with E-state index < -0.39 is 0 Å². The number of hydrogen-bond acceptors (Lipinski definition) is 3. The average molecular weight is 297 g/mol. The lowest BCUT2D eigenvalue weighted by Crippen LogP contribution is -1.88. The van der Waals surface area contributed by atoms with Gasteiger partial charge in [0.15, 0.2) is 0 Å². The van der Waals surface area contributed by atoms with Crippen LogP contribution in [0.4, 0.5) is 5.00 Å². The van der Waals surface area contributed by atoms with Crippen LogP contribution >= 0.6 is 27.3 Å². The van der Waals surface area contributed by atoms with Gasteiger partial charge in [-0.2, -0.15) is 0 Å². The van der Waals surface area contributed by atoms with E-state index in [0.29, 0.717) is 0 Å². The van der Waals surface area contributed by atoms with Gasteiger partial charge >= 0.3 is 0 Å². The van der Waals surface area contributed by atoms with E-state index in [2.05, 4.69) is 53.0 Å². The largest absolute Gasteiger partial charge is 0.389 e. The quantitative estimate of drug-likeness (QED) is 0.909. The van der Waals surface area contributed by atoms with Crippen LogP contribution in [0.5, 0.6) is 0 Å². The van der Waals surface area contributed by atoms with Gasteiger partial charge in [-0.3, -0.25) is 0 Å². The molecule has 1 aromatic carbocycles. The van der Waals surface area contributed by atoms with Crippen molar-refractivity contribution in [3.63, 3.8) is 0 Å². The number of benzene rings is 1. The zero-order valence-corrected chi connectivity index (χ0v) is 11.7. The first-order valence-electron chi connectivity index (χ1n) is 5.13. The highest BCUT2D eigenvalue weighted by Gasteiger charge is 2.12. The molecule has 84 valence electrons. The highest BCUT2D eigenvalue weighted by Crippen LogP contribution is 2.35. The molecule has 2 N–H and O–H groups in total. The number of nitrogens with two attached hydrogens (primary N) is 1. The van der Waals surface area contributed by atoms with Crippen molar-refractivity contribution in [3.05, 3.63) is 33.2 Å². The molecule has 1 heterocycles. The van der Waals surface area contributed by atoms with Crippen LogP contribution in [0.15, 0.2) is 22.7 Å². The van der Waals surface area contributed by atoms with Crippen LogP contribution in [-0.2, 0) is 6.42 Å². The van der Waals surface area contributed by atoms with E-state index in [9.17, 15) is 0 Å². The lowest BCUT2D eigenvalue weighted by Gasteiger charge is -2.03. The van der Waals surface area contributed by atoms with Gasteiger partial charge in [0.25, 0.3) is 0 Å². The molecule has 16 heavy (non-hydrogen) atoms. The molecule has 0 aliphatic rings. The standard InChI is InChI=1S/C12H13BrN2S/c1-3-10-15-11(12(14)16-10)8-5-4-7(2)6-9(8)13/h4-6H,3,14H2,1-2H3. The topological polar surface area (TPSA) is 38.9 Å². The van der Waals surface area contributed by atoms with Gasteiger partial charge in [0.1, 0.15) is 10.7 Å². The first kappa shape index (κ1) is 11.6. The number of rotatable bonds is 2. The first-order valence-corrected chi connectivity index (χ1v) is 6.74. The second kappa shape index (κ2) is 4.55. The van der Waals surface area contributed by atoms with Crippen LogP contribution in [0.2, 0.25) is 0 Å². The average Bonchev–Trinajstić information content (AvgIpc) is 2.60. The molecule has 0 atom stereocenters. The minimum atomic E-state index is 0.793. The number of aryl methyl sites for hydroxylation is 2. The summed E-state index contributed by atoms with van der Waals surface area (Å²) in [5, 5.41) is 1.88. The molecule has 1 aromatic heterocycles. The minimum Gasteiger partial charge on any atom is -0.389 e. The summed E-state index contributed by atoms with van der Waals surface area (Å²) in [6.45, 7) is 4.16. The van der Waals surface area contributed by atoms with Crippen LogP contribution in [0.3, 0.4) is 0 Å². The summed E-state index contributed by atoms with van der Waals surface area (Å²) in [7, 11) is 0. The van der Waals surface area contributed by atoms with Gasteiger partial charge < -0.3 is 5.73 Å². The highest BCUT2D eigenvalue weighted by atomic mass is 79.9. The Labute approximate surface area is 108 Å². The predicted molar refractivity (Wildman–Crippen MR) is 73.8 cm³/mol. The molecule has 2 aromatic rings. The molecule has 0 unspecified atom stereocenters. The number of nitrogen functional groups attached to an aromatic ring is 1. The molecule has 0 fully saturated rings. The third kappa shape index (κ3) is 2.13. The molecular formula is C12H13BrN2S.